The van der Waals surface area contributed by atoms with E-state index in [-0.39, 0.29) is 45.8 Å². The number of aromatic hydroxyl groups is 2. The van der Waals surface area contributed by atoms with Crippen molar-refractivity contribution in [2.45, 2.75) is 111 Å². The van der Waals surface area contributed by atoms with Crippen molar-refractivity contribution in [1.29, 1.82) is 0 Å². The van der Waals surface area contributed by atoms with E-state index in [1.165, 1.54) is 12.0 Å². The quantitative estimate of drug-likeness (QED) is 0.217. The third-order valence-corrected chi connectivity index (χ3v) is 10.3. The molecule has 5 atom stereocenters. The summed E-state index contributed by atoms with van der Waals surface area (Å²) in [5, 5.41) is 22.9. The van der Waals surface area contributed by atoms with Gasteiger partial charge in [0.25, 0.3) is 0 Å². The second kappa shape index (κ2) is 9.91. The molecule has 4 heteroatoms. The number of hydrogen-bond acceptors (Lipinski definition) is 4. The lowest BCUT2D eigenvalue weighted by molar-refractivity contribution is -0.0245. The van der Waals surface area contributed by atoms with Crippen LogP contribution in [0.5, 0.6) is 11.5 Å². The Morgan fingerprint density at radius 3 is 2.50 bits per heavy atom. The Balaban J connectivity index is 1.75. The van der Waals surface area contributed by atoms with E-state index in [0.29, 0.717) is 23.5 Å². The van der Waals surface area contributed by atoms with E-state index in [1.54, 1.807) is 6.07 Å². The first kappa shape index (κ1) is 26.8. The van der Waals surface area contributed by atoms with Crippen LogP contribution in [0.4, 0.5) is 0 Å². The van der Waals surface area contributed by atoms with Crippen molar-refractivity contribution in [3.05, 3.63) is 46.6 Å². The second-order valence-corrected chi connectivity index (χ2v) is 12.7. The Morgan fingerprint density at radius 2 is 1.92 bits per heavy atom. The first-order valence-corrected chi connectivity index (χ1v) is 14.0. The predicted octanol–water partition coefficient (Wildman–Crippen LogP) is 8.22. The summed E-state index contributed by atoms with van der Waals surface area (Å²) >= 11 is 0. The van der Waals surface area contributed by atoms with E-state index in [0.717, 1.165) is 50.5 Å². The van der Waals surface area contributed by atoms with Crippen molar-refractivity contribution in [2.24, 2.45) is 22.7 Å². The molecule has 3 aliphatic rings. The molecule has 0 heterocycles. The largest absolute Gasteiger partial charge is 0.507 e. The van der Waals surface area contributed by atoms with Crippen molar-refractivity contribution < 1.29 is 19.7 Å². The van der Waals surface area contributed by atoms with Crippen LogP contribution in [-0.2, 0) is 11.2 Å². The average molecular weight is 495 g/mol. The summed E-state index contributed by atoms with van der Waals surface area (Å²) in [6.07, 6.45) is 10.6. The Bertz CT molecular complexity index is 1060. The SMILES string of the molecule is C=C(C)[C@@H]1CCC(C)=C[C@H]1c1c(O)cc(CCCCC)c(C(=O)OC2CC3CCC2(C)C3(C)C)c1O. The monoisotopic (exact) mass is 494 g/mol. The lowest BCUT2D eigenvalue weighted by Crippen LogP contribution is -2.38. The van der Waals surface area contributed by atoms with Crippen LogP contribution in [0.3, 0.4) is 0 Å². The minimum absolute atomic E-state index is 0.0562. The highest BCUT2D eigenvalue weighted by molar-refractivity contribution is 5.95. The van der Waals surface area contributed by atoms with Crippen molar-refractivity contribution in [1.82, 2.24) is 0 Å². The Labute approximate surface area is 217 Å². The zero-order valence-electron chi connectivity index (χ0n) is 23.2. The van der Waals surface area contributed by atoms with Crippen molar-refractivity contribution in [2.75, 3.05) is 0 Å². The molecule has 4 rings (SSSR count). The number of benzene rings is 1. The molecule has 2 saturated carbocycles. The van der Waals surface area contributed by atoms with Gasteiger partial charge in [-0.25, -0.2) is 4.79 Å². The molecule has 0 saturated heterocycles. The Morgan fingerprint density at radius 1 is 1.19 bits per heavy atom. The first-order valence-electron chi connectivity index (χ1n) is 14.0. The van der Waals surface area contributed by atoms with Crippen LogP contribution in [0, 0.1) is 22.7 Å². The predicted molar refractivity (Wildman–Crippen MR) is 145 cm³/mol. The second-order valence-electron chi connectivity index (χ2n) is 12.7. The number of phenolic OH excluding ortho intramolecular Hbond substituents is 2. The number of hydrogen-bond donors (Lipinski definition) is 2. The lowest BCUT2D eigenvalue weighted by atomic mass is 9.70. The highest BCUT2D eigenvalue weighted by Gasteiger charge is 2.63. The van der Waals surface area contributed by atoms with Gasteiger partial charge in [-0.1, -0.05) is 64.3 Å². The van der Waals surface area contributed by atoms with E-state index in [4.69, 9.17) is 4.74 Å². The topological polar surface area (TPSA) is 66.8 Å². The van der Waals surface area contributed by atoms with Crippen LogP contribution in [-0.4, -0.2) is 22.3 Å². The first-order chi connectivity index (χ1) is 16.9. The molecule has 198 valence electrons. The molecule has 0 radical (unpaired) electrons. The van der Waals surface area contributed by atoms with Gasteiger partial charge >= 0.3 is 5.97 Å². The molecule has 2 N–H and O–H groups in total. The van der Waals surface area contributed by atoms with Gasteiger partial charge in [0, 0.05) is 16.9 Å². The zero-order valence-corrected chi connectivity index (χ0v) is 23.2. The molecule has 1 aromatic rings. The lowest BCUT2D eigenvalue weighted by Gasteiger charge is -2.38. The number of ether oxygens (including phenoxy) is 1. The zero-order chi connectivity index (χ0) is 26.4. The summed E-state index contributed by atoms with van der Waals surface area (Å²) < 4.78 is 6.26. The Kier molecular flexibility index (Phi) is 7.38. The molecule has 3 aliphatic carbocycles. The third kappa shape index (κ3) is 4.39. The molecule has 2 bridgehead atoms. The number of phenols is 2. The molecule has 0 aliphatic heterocycles. The number of unbranched alkanes of at least 4 members (excludes halogenated alkanes) is 2. The molecule has 0 amide bonds. The van der Waals surface area contributed by atoms with Crippen LogP contribution in [0.25, 0.3) is 0 Å². The standard InChI is InChI=1S/C32H46O4/c1-8-9-10-11-21-17-25(33)28(24-16-20(4)12-13-23(24)19(2)3)29(34)27(21)30(35)36-26-18-22-14-15-32(26,7)31(22,5)6/h16-17,22-24,26,33-34H,2,8-15,18H2,1,3-7H3/t22?,23-,24+,26?,32?/m0/s1. The summed E-state index contributed by atoms with van der Waals surface area (Å²) in [6.45, 7) is 17.3. The summed E-state index contributed by atoms with van der Waals surface area (Å²) in [6, 6.07) is 1.71. The van der Waals surface area contributed by atoms with Crippen LogP contribution < -0.4 is 0 Å². The summed E-state index contributed by atoms with van der Waals surface area (Å²) in [4.78, 5) is 13.8. The number of rotatable bonds is 8. The van der Waals surface area contributed by atoms with Gasteiger partial charge in [0.05, 0.1) is 0 Å². The van der Waals surface area contributed by atoms with E-state index in [2.05, 4.69) is 47.3 Å². The van der Waals surface area contributed by atoms with E-state index < -0.39 is 5.97 Å². The molecule has 2 fully saturated rings. The Hall–Kier alpha value is -2.23. The maximum Gasteiger partial charge on any atom is 0.342 e. The van der Waals surface area contributed by atoms with E-state index in [9.17, 15) is 15.0 Å². The van der Waals surface area contributed by atoms with Gasteiger partial charge in [-0.05, 0) is 87.7 Å². The number of allylic oxidation sites excluding steroid dienone is 3. The molecular weight excluding hydrogens is 448 g/mol. The molecule has 3 unspecified atom stereocenters. The highest BCUT2D eigenvalue weighted by Crippen LogP contribution is 2.66. The van der Waals surface area contributed by atoms with Gasteiger partial charge < -0.3 is 14.9 Å². The molecule has 36 heavy (non-hydrogen) atoms. The number of esters is 1. The average Bonchev–Trinajstić information content (AvgIpc) is 3.12. The summed E-state index contributed by atoms with van der Waals surface area (Å²) in [5.41, 5.74) is 3.69. The van der Waals surface area contributed by atoms with Gasteiger partial charge in [-0.3, -0.25) is 0 Å². The van der Waals surface area contributed by atoms with Gasteiger partial charge in [0.2, 0.25) is 0 Å². The fourth-order valence-corrected chi connectivity index (χ4v) is 7.44. The van der Waals surface area contributed by atoms with Crippen molar-refractivity contribution in [3.63, 3.8) is 0 Å². The van der Waals surface area contributed by atoms with Crippen LogP contribution in [0.15, 0.2) is 29.9 Å². The third-order valence-electron chi connectivity index (χ3n) is 10.3. The summed E-state index contributed by atoms with van der Waals surface area (Å²) in [7, 11) is 0. The fraction of sp³-hybridized carbons (Fsp3) is 0.656. The van der Waals surface area contributed by atoms with E-state index in [1.807, 2.05) is 6.92 Å². The van der Waals surface area contributed by atoms with E-state index >= 15 is 0 Å². The van der Waals surface area contributed by atoms with Crippen LogP contribution in [0.1, 0.15) is 120 Å². The van der Waals surface area contributed by atoms with Crippen LogP contribution >= 0.6 is 0 Å². The molecular formula is C32H46O4. The van der Waals surface area contributed by atoms with Crippen molar-refractivity contribution >= 4 is 5.97 Å². The minimum atomic E-state index is -0.446. The fourth-order valence-electron chi connectivity index (χ4n) is 7.44. The highest BCUT2D eigenvalue weighted by atomic mass is 16.5. The van der Waals surface area contributed by atoms with Gasteiger partial charge in [0.15, 0.2) is 0 Å². The molecule has 4 nitrogen and oxygen atoms in total. The maximum absolute atomic E-state index is 13.8. The van der Waals surface area contributed by atoms with Gasteiger partial charge in [-0.2, -0.15) is 0 Å². The van der Waals surface area contributed by atoms with Crippen molar-refractivity contribution in [3.8, 4) is 11.5 Å². The number of fused-ring (bicyclic) bond motifs is 2. The molecule has 0 spiro atoms. The van der Waals surface area contributed by atoms with Gasteiger partial charge in [0.1, 0.15) is 23.2 Å². The normalized spacial score (nSPS) is 30.8. The number of aryl methyl sites for hydroxylation is 1. The van der Waals surface area contributed by atoms with Gasteiger partial charge in [-0.15, -0.1) is 0 Å². The molecule has 1 aromatic carbocycles. The summed E-state index contributed by atoms with van der Waals surface area (Å²) in [5.74, 6) is -0.0535. The minimum Gasteiger partial charge on any atom is -0.507 e. The smallest absolute Gasteiger partial charge is 0.342 e. The van der Waals surface area contributed by atoms with Crippen LogP contribution in [0.2, 0.25) is 0 Å². The number of carbonyl (C=O) groups is 1. The molecule has 0 aromatic heterocycles. The number of carbonyl (C=O) groups excluding carboxylic acids is 1. The maximum atomic E-state index is 13.8.